The minimum absolute atomic E-state index is 0.0425. The van der Waals surface area contributed by atoms with E-state index in [1.165, 1.54) is 36.2 Å². The van der Waals surface area contributed by atoms with Gasteiger partial charge in [0.05, 0.1) is 17.8 Å². The van der Waals surface area contributed by atoms with E-state index in [1.54, 1.807) is 16.0 Å². The van der Waals surface area contributed by atoms with Crippen LogP contribution < -0.4 is 5.32 Å². The van der Waals surface area contributed by atoms with E-state index in [2.05, 4.69) is 25.8 Å². The first-order valence-electron chi connectivity index (χ1n) is 8.39. The number of nitrogens with zero attached hydrogens (tertiary/aromatic N) is 5. The fourth-order valence-electron chi connectivity index (χ4n) is 2.98. The third kappa shape index (κ3) is 3.74. The zero-order chi connectivity index (χ0) is 17.1. The molecule has 1 amide bonds. The van der Waals surface area contributed by atoms with Gasteiger partial charge in [0, 0.05) is 4.88 Å². The molecule has 128 valence electrons. The summed E-state index contributed by atoms with van der Waals surface area (Å²) in [6.45, 7) is 0. The van der Waals surface area contributed by atoms with Crippen molar-refractivity contribution >= 4 is 22.4 Å². The molecular weight excluding hydrogens is 336 g/mol. The van der Waals surface area contributed by atoms with Crippen LogP contribution in [0.15, 0.2) is 30.6 Å². The van der Waals surface area contributed by atoms with Gasteiger partial charge in [0.25, 0.3) is 0 Å². The number of tetrazole rings is 1. The number of thiazole rings is 1. The average molecular weight is 354 g/mol. The largest absolute Gasteiger partial charge is 0.302 e. The molecule has 0 unspecified atom stereocenters. The number of hydrogen-bond donors (Lipinski definition) is 1. The van der Waals surface area contributed by atoms with E-state index in [0.717, 1.165) is 29.2 Å². The molecular formula is C17H18N6OS. The molecule has 0 spiro atoms. The number of amides is 1. The molecule has 8 heteroatoms. The minimum atomic E-state index is -0.0425. The van der Waals surface area contributed by atoms with Crippen LogP contribution in [0.2, 0.25) is 0 Å². The summed E-state index contributed by atoms with van der Waals surface area (Å²) in [5.74, 6) is -0.0425. The van der Waals surface area contributed by atoms with Gasteiger partial charge in [-0.3, -0.25) is 4.79 Å². The van der Waals surface area contributed by atoms with Crippen LogP contribution in [0.5, 0.6) is 0 Å². The molecule has 0 radical (unpaired) electrons. The molecule has 4 rings (SSSR count). The predicted molar refractivity (Wildman–Crippen MR) is 94.9 cm³/mol. The van der Waals surface area contributed by atoms with E-state index in [9.17, 15) is 4.79 Å². The number of carbonyl (C=O) groups excluding carboxylic acids is 1. The van der Waals surface area contributed by atoms with E-state index >= 15 is 0 Å². The van der Waals surface area contributed by atoms with Gasteiger partial charge in [-0.2, -0.15) is 0 Å². The Morgan fingerprint density at radius 1 is 1.16 bits per heavy atom. The Hall–Kier alpha value is -2.61. The maximum atomic E-state index is 12.3. The molecule has 2 heterocycles. The van der Waals surface area contributed by atoms with Crippen LogP contribution in [-0.2, 0) is 24.1 Å². The van der Waals surface area contributed by atoms with Crippen molar-refractivity contribution in [3.8, 4) is 5.69 Å². The van der Waals surface area contributed by atoms with Crippen molar-refractivity contribution in [1.29, 1.82) is 0 Å². The van der Waals surface area contributed by atoms with Gasteiger partial charge < -0.3 is 5.32 Å². The number of aromatic nitrogens is 5. The lowest BCUT2D eigenvalue weighted by Crippen LogP contribution is -2.14. The Balaban J connectivity index is 1.39. The minimum Gasteiger partial charge on any atom is -0.302 e. The number of hydrogen-bond acceptors (Lipinski definition) is 6. The fourth-order valence-corrected chi connectivity index (χ4v) is 4.04. The maximum Gasteiger partial charge on any atom is 0.230 e. The van der Waals surface area contributed by atoms with Crippen molar-refractivity contribution in [2.24, 2.45) is 0 Å². The quantitative estimate of drug-likeness (QED) is 0.728. The van der Waals surface area contributed by atoms with Gasteiger partial charge in [-0.05, 0) is 53.8 Å². The third-order valence-corrected chi connectivity index (χ3v) is 5.33. The number of aryl methyl sites for hydroxylation is 2. The highest BCUT2D eigenvalue weighted by atomic mass is 32.1. The van der Waals surface area contributed by atoms with Crippen LogP contribution in [0.3, 0.4) is 0 Å². The summed E-state index contributed by atoms with van der Waals surface area (Å²) in [4.78, 5) is 18.2. The molecule has 1 aliphatic carbocycles. The monoisotopic (exact) mass is 354 g/mol. The number of fused-ring (bicyclic) bond motifs is 1. The molecule has 2 aromatic heterocycles. The molecule has 0 saturated heterocycles. The predicted octanol–water partition coefficient (Wildman–Crippen LogP) is 2.57. The van der Waals surface area contributed by atoms with Gasteiger partial charge in [-0.25, -0.2) is 9.67 Å². The van der Waals surface area contributed by atoms with Gasteiger partial charge in [-0.15, -0.1) is 16.4 Å². The fraction of sp³-hybridized carbons (Fsp3) is 0.353. The van der Waals surface area contributed by atoms with Crippen molar-refractivity contribution < 1.29 is 4.79 Å². The molecule has 0 saturated carbocycles. The molecule has 0 bridgehead atoms. The normalized spacial score (nSPS) is 13.9. The van der Waals surface area contributed by atoms with Gasteiger partial charge in [0.2, 0.25) is 5.91 Å². The third-order valence-electron chi connectivity index (χ3n) is 4.26. The first-order valence-corrected chi connectivity index (χ1v) is 9.20. The summed E-state index contributed by atoms with van der Waals surface area (Å²) in [5, 5.41) is 14.7. The molecule has 0 aliphatic heterocycles. The van der Waals surface area contributed by atoms with Gasteiger partial charge in [0.1, 0.15) is 6.33 Å². The number of benzene rings is 1. The zero-order valence-electron chi connectivity index (χ0n) is 13.7. The smallest absolute Gasteiger partial charge is 0.230 e. The molecule has 3 aromatic rings. The van der Waals surface area contributed by atoms with E-state index in [1.807, 2.05) is 24.3 Å². The summed E-state index contributed by atoms with van der Waals surface area (Å²) in [7, 11) is 0. The molecule has 1 aliphatic rings. The second-order valence-electron chi connectivity index (χ2n) is 6.10. The van der Waals surface area contributed by atoms with Crippen LogP contribution in [0.4, 0.5) is 5.13 Å². The Morgan fingerprint density at radius 2 is 2.00 bits per heavy atom. The highest BCUT2D eigenvalue weighted by Crippen LogP contribution is 2.29. The first-order chi connectivity index (χ1) is 12.3. The second kappa shape index (κ2) is 7.10. The molecule has 0 fully saturated rings. The summed E-state index contributed by atoms with van der Waals surface area (Å²) < 4.78 is 1.58. The molecule has 1 aromatic carbocycles. The molecule has 25 heavy (non-hydrogen) atoms. The number of carbonyl (C=O) groups is 1. The van der Waals surface area contributed by atoms with Crippen molar-refractivity contribution in [1.82, 2.24) is 25.2 Å². The van der Waals surface area contributed by atoms with Crippen LogP contribution in [-0.4, -0.2) is 31.1 Å². The zero-order valence-corrected chi connectivity index (χ0v) is 14.5. The van der Waals surface area contributed by atoms with E-state index in [-0.39, 0.29) is 5.91 Å². The van der Waals surface area contributed by atoms with Crippen LogP contribution in [0.25, 0.3) is 5.69 Å². The standard InChI is InChI=1S/C17H18N6OS/c24-16(20-17-19-14-4-2-1-3-5-15(14)25-17)10-12-6-8-13(9-7-12)23-11-18-21-22-23/h6-9,11H,1-5,10H2,(H,19,20,24). The van der Waals surface area contributed by atoms with Crippen LogP contribution >= 0.6 is 11.3 Å². The second-order valence-corrected chi connectivity index (χ2v) is 7.18. The lowest BCUT2D eigenvalue weighted by molar-refractivity contribution is -0.115. The average Bonchev–Trinajstić information content (AvgIpc) is 3.22. The van der Waals surface area contributed by atoms with Gasteiger partial charge in [-0.1, -0.05) is 18.6 Å². The van der Waals surface area contributed by atoms with Crippen molar-refractivity contribution in [2.45, 2.75) is 38.5 Å². The van der Waals surface area contributed by atoms with Crippen molar-refractivity contribution in [3.05, 3.63) is 46.7 Å². The first kappa shape index (κ1) is 15.9. The molecule has 0 atom stereocenters. The van der Waals surface area contributed by atoms with Crippen LogP contribution in [0.1, 0.15) is 35.4 Å². The number of anilines is 1. The topological polar surface area (TPSA) is 85.6 Å². The number of rotatable bonds is 4. The summed E-state index contributed by atoms with van der Waals surface area (Å²) in [6.07, 6.45) is 7.65. The SMILES string of the molecule is O=C(Cc1ccc(-n2cnnn2)cc1)Nc1nc2c(s1)CCCCC2. The summed E-state index contributed by atoms with van der Waals surface area (Å²) >= 11 is 1.62. The Morgan fingerprint density at radius 3 is 2.80 bits per heavy atom. The van der Waals surface area contributed by atoms with Gasteiger partial charge >= 0.3 is 0 Å². The van der Waals surface area contributed by atoms with Crippen LogP contribution in [0, 0.1) is 0 Å². The molecule has 7 nitrogen and oxygen atoms in total. The molecule has 1 N–H and O–H groups in total. The lowest BCUT2D eigenvalue weighted by atomic mass is 10.1. The van der Waals surface area contributed by atoms with E-state index in [4.69, 9.17) is 0 Å². The van der Waals surface area contributed by atoms with E-state index < -0.39 is 0 Å². The maximum absolute atomic E-state index is 12.3. The summed E-state index contributed by atoms with van der Waals surface area (Å²) in [6, 6.07) is 7.61. The van der Waals surface area contributed by atoms with Crippen molar-refractivity contribution in [3.63, 3.8) is 0 Å². The highest BCUT2D eigenvalue weighted by molar-refractivity contribution is 7.15. The van der Waals surface area contributed by atoms with Gasteiger partial charge in [0.15, 0.2) is 5.13 Å². The summed E-state index contributed by atoms with van der Waals surface area (Å²) in [5.41, 5.74) is 2.97. The highest BCUT2D eigenvalue weighted by Gasteiger charge is 2.15. The van der Waals surface area contributed by atoms with Crippen molar-refractivity contribution in [2.75, 3.05) is 5.32 Å². The van der Waals surface area contributed by atoms with E-state index in [0.29, 0.717) is 6.42 Å². The Labute approximate surface area is 149 Å². The Kier molecular flexibility index (Phi) is 4.51. The number of nitrogens with one attached hydrogen (secondary N) is 1. The lowest BCUT2D eigenvalue weighted by Gasteiger charge is -2.04. The Bertz CT molecular complexity index is 832.